The first kappa shape index (κ1) is 10.9. The summed E-state index contributed by atoms with van der Waals surface area (Å²) in [7, 11) is 0. The largest absolute Gasteiger partial charge is 0.278 e. The Morgan fingerprint density at radius 3 is 2.81 bits per heavy atom. The van der Waals surface area contributed by atoms with Crippen LogP contribution in [0.1, 0.15) is 17.4 Å². The van der Waals surface area contributed by atoms with E-state index < -0.39 is 0 Å². The van der Waals surface area contributed by atoms with Crippen LogP contribution in [-0.4, -0.2) is 5.71 Å². The van der Waals surface area contributed by atoms with E-state index in [9.17, 15) is 0 Å². The highest BCUT2D eigenvalue weighted by atomic mass is 32.1. The molecule has 0 aliphatic carbocycles. The molecule has 1 heterocycles. The average Bonchev–Trinajstić information content (AvgIpc) is 2.79. The van der Waals surface area contributed by atoms with Gasteiger partial charge in [-0.25, -0.2) is 0 Å². The second-order valence-corrected chi connectivity index (χ2v) is 4.60. The lowest BCUT2D eigenvalue weighted by Crippen LogP contribution is -1.97. The van der Waals surface area contributed by atoms with Gasteiger partial charge in [0.2, 0.25) is 0 Å². The van der Waals surface area contributed by atoms with Gasteiger partial charge in [0.25, 0.3) is 0 Å². The zero-order valence-corrected chi connectivity index (χ0v) is 10.2. The minimum Gasteiger partial charge on any atom is -0.278 e. The van der Waals surface area contributed by atoms with Gasteiger partial charge < -0.3 is 0 Å². The van der Waals surface area contributed by atoms with Gasteiger partial charge in [-0.3, -0.25) is 5.43 Å². The Balaban J connectivity index is 2.09. The Bertz CT molecular complexity index is 486. The summed E-state index contributed by atoms with van der Waals surface area (Å²) in [5.74, 6) is 0. The molecule has 0 atom stereocenters. The van der Waals surface area contributed by atoms with E-state index in [0.717, 1.165) is 11.4 Å². The molecule has 0 amide bonds. The van der Waals surface area contributed by atoms with Crippen LogP contribution in [0.3, 0.4) is 0 Å². The lowest BCUT2D eigenvalue weighted by Gasteiger charge is -2.02. The number of benzene rings is 1. The molecule has 0 saturated heterocycles. The lowest BCUT2D eigenvalue weighted by atomic mass is 10.2. The summed E-state index contributed by atoms with van der Waals surface area (Å²) >= 11 is 1.70. The maximum atomic E-state index is 4.36. The van der Waals surface area contributed by atoms with Crippen molar-refractivity contribution in [3.8, 4) is 0 Å². The van der Waals surface area contributed by atoms with Crippen LogP contribution in [0.4, 0.5) is 5.69 Å². The summed E-state index contributed by atoms with van der Waals surface area (Å²) in [4.78, 5) is 1.19. The molecule has 0 unspecified atom stereocenters. The van der Waals surface area contributed by atoms with Crippen molar-refractivity contribution in [3.63, 3.8) is 0 Å². The third kappa shape index (κ3) is 2.70. The molecule has 0 radical (unpaired) electrons. The second-order valence-electron chi connectivity index (χ2n) is 3.66. The highest BCUT2D eigenvalue weighted by Gasteiger charge is 1.97. The van der Waals surface area contributed by atoms with Gasteiger partial charge in [-0.1, -0.05) is 18.2 Å². The highest BCUT2D eigenvalue weighted by Crippen LogP contribution is 2.12. The molecule has 1 aromatic heterocycles. The van der Waals surface area contributed by atoms with Crippen LogP contribution in [0.5, 0.6) is 0 Å². The number of nitrogens with one attached hydrogen (secondary N) is 1. The number of thiophene rings is 1. The summed E-state index contributed by atoms with van der Waals surface area (Å²) in [5.41, 5.74) is 6.33. The van der Waals surface area contributed by atoms with Crippen LogP contribution in [0, 0.1) is 6.92 Å². The molecule has 0 aliphatic heterocycles. The molecule has 0 aliphatic rings. The van der Waals surface area contributed by atoms with Crippen LogP contribution >= 0.6 is 11.3 Å². The first-order valence-electron chi connectivity index (χ1n) is 5.16. The molecule has 2 nitrogen and oxygen atoms in total. The van der Waals surface area contributed by atoms with Crippen LogP contribution in [-0.2, 0) is 0 Å². The molecule has 2 aromatic rings. The summed E-state index contributed by atoms with van der Waals surface area (Å²) in [6, 6.07) is 12.3. The summed E-state index contributed by atoms with van der Waals surface area (Å²) in [5, 5.41) is 6.41. The SMILES string of the molecule is C/C(=N\Nc1cccc(C)c1)c1cccs1. The lowest BCUT2D eigenvalue weighted by molar-refractivity contribution is 1.31. The molecular formula is C13H14N2S. The molecule has 16 heavy (non-hydrogen) atoms. The summed E-state index contributed by atoms with van der Waals surface area (Å²) in [6.45, 7) is 4.08. The Morgan fingerprint density at radius 1 is 1.25 bits per heavy atom. The Kier molecular flexibility index (Phi) is 3.37. The van der Waals surface area contributed by atoms with Gasteiger partial charge in [0, 0.05) is 4.88 Å². The van der Waals surface area contributed by atoms with Crippen LogP contribution in [0.25, 0.3) is 0 Å². The van der Waals surface area contributed by atoms with Crippen LogP contribution in [0.15, 0.2) is 46.9 Å². The molecule has 2 rings (SSSR count). The van der Waals surface area contributed by atoms with E-state index in [-0.39, 0.29) is 0 Å². The van der Waals surface area contributed by atoms with Crippen LogP contribution in [0.2, 0.25) is 0 Å². The number of anilines is 1. The van der Waals surface area contributed by atoms with Gasteiger partial charge in [-0.05, 0) is 43.0 Å². The van der Waals surface area contributed by atoms with Gasteiger partial charge in [0.05, 0.1) is 11.4 Å². The number of hydrogen-bond acceptors (Lipinski definition) is 3. The van der Waals surface area contributed by atoms with Crippen LogP contribution < -0.4 is 5.43 Å². The molecule has 3 heteroatoms. The topological polar surface area (TPSA) is 24.4 Å². The molecule has 1 N–H and O–H groups in total. The van der Waals surface area contributed by atoms with E-state index in [1.807, 2.05) is 25.1 Å². The van der Waals surface area contributed by atoms with Gasteiger partial charge in [-0.2, -0.15) is 5.10 Å². The van der Waals surface area contributed by atoms with Crippen molar-refractivity contribution in [3.05, 3.63) is 52.2 Å². The number of hydrogen-bond donors (Lipinski definition) is 1. The van der Waals surface area contributed by atoms with E-state index >= 15 is 0 Å². The number of hydrazone groups is 1. The standard InChI is InChI=1S/C13H14N2S/c1-10-5-3-6-12(9-10)15-14-11(2)13-7-4-8-16-13/h3-9,15H,1-2H3/b14-11+. The highest BCUT2D eigenvalue weighted by molar-refractivity contribution is 7.12. The molecule has 1 aromatic carbocycles. The van der Waals surface area contributed by atoms with Gasteiger partial charge >= 0.3 is 0 Å². The normalized spacial score (nSPS) is 11.5. The summed E-state index contributed by atoms with van der Waals surface area (Å²) in [6.07, 6.45) is 0. The Morgan fingerprint density at radius 2 is 2.12 bits per heavy atom. The van der Waals surface area contributed by atoms with Crippen molar-refractivity contribution in [1.82, 2.24) is 0 Å². The van der Waals surface area contributed by atoms with E-state index in [2.05, 4.69) is 41.0 Å². The van der Waals surface area contributed by atoms with E-state index in [1.165, 1.54) is 10.4 Å². The van der Waals surface area contributed by atoms with E-state index in [0.29, 0.717) is 0 Å². The average molecular weight is 230 g/mol. The maximum absolute atomic E-state index is 4.36. The number of nitrogens with zero attached hydrogens (tertiary/aromatic N) is 1. The minimum atomic E-state index is 1.01. The van der Waals surface area contributed by atoms with E-state index in [1.54, 1.807) is 11.3 Å². The first-order valence-corrected chi connectivity index (χ1v) is 6.04. The van der Waals surface area contributed by atoms with Crippen molar-refractivity contribution < 1.29 is 0 Å². The number of aryl methyl sites for hydroxylation is 1. The molecular weight excluding hydrogens is 216 g/mol. The van der Waals surface area contributed by atoms with Crippen molar-refractivity contribution >= 4 is 22.7 Å². The zero-order chi connectivity index (χ0) is 11.4. The number of rotatable bonds is 3. The fourth-order valence-electron chi connectivity index (χ4n) is 1.40. The fourth-order valence-corrected chi connectivity index (χ4v) is 2.08. The second kappa shape index (κ2) is 4.94. The van der Waals surface area contributed by atoms with Crippen molar-refractivity contribution in [2.45, 2.75) is 13.8 Å². The third-order valence-electron chi connectivity index (χ3n) is 2.25. The monoisotopic (exact) mass is 230 g/mol. The molecule has 0 fully saturated rings. The van der Waals surface area contributed by atoms with Gasteiger partial charge in [0.1, 0.15) is 0 Å². The van der Waals surface area contributed by atoms with Gasteiger partial charge in [-0.15, -0.1) is 11.3 Å². The quantitative estimate of drug-likeness (QED) is 0.627. The Hall–Kier alpha value is -1.61. The van der Waals surface area contributed by atoms with Crippen molar-refractivity contribution in [1.29, 1.82) is 0 Å². The zero-order valence-electron chi connectivity index (χ0n) is 9.40. The Labute approximate surface area is 99.6 Å². The summed E-state index contributed by atoms with van der Waals surface area (Å²) < 4.78 is 0. The predicted molar refractivity (Wildman–Crippen MR) is 71.3 cm³/mol. The van der Waals surface area contributed by atoms with E-state index in [4.69, 9.17) is 0 Å². The molecule has 0 bridgehead atoms. The maximum Gasteiger partial charge on any atom is 0.0747 e. The van der Waals surface area contributed by atoms with Crippen molar-refractivity contribution in [2.75, 3.05) is 5.43 Å². The molecule has 82 valence electrons. The third-order valence-corrected chi connectivity index (χ3v) is 3.23. The molecule has 0 saturated carbocycles. The van der Waals surface area contributed by atoms with Gasteiger partial charge in [0.15, 0.2) is 0 Å². The smallest absolute Gasteiger partial charge is 0.0747 e. The fraction of sp³-hybridized carbons (Fsp3) is 0.154. The predicted octanol–water partition coefficient (Wildman–Crippen LogP) is 3.89. The minimum absolute atomic E-state index is 1.01. The first-order chi connectivity index (χ1) is 7.75. The molecule has 0 spiro atoms. The van der Waals surface area contributed by atoms with Crippen molar-refractivity contribution in [2.24, 2.45) is 5.10 Å².